The van der Waals surface area contributed by atoms with E-state index < -0.39 is 0 Å². The van der Waals surface area contributed by atoms with Crippen LogP contribution in [0.5, 0.6) is 0 Å². The van der Waals surface area contributed by atoms with Crippen molar-refractivity contribution in [2.75, 3.05) is 18.8 Å². The lowest BCUT2D eigenvalue weighted by molar-refractivity contribution is -0.121. The summed E-state index contributed by atoms with van der Waals surface area (Å²) in [5.41, 5.74) is 7.52. The Balaban J connectivity index is 2.15. The fourth-order valence-corrected chi connectivity index (χ4v) is 1.68. The van der Waals surface area contributed by atoms with E-state index in [2.05, 4.69) is 10.6 Å². The van der Waals surface area contributed by atoms with E-state index >= 15 is 0 Å². The zero-order chi connectivity index (χ0) is 14.1. The summed E-state index contributed by atoms with van der Waals surface area (Å²) in [5, 5.41) is 5.49. The molecular weight excluding hydrogens is 242 g/mol. The molecule has 0 saturated heterocycles. The van der Waals surface area contributed by atoms with Crippen LogP contribution in [0, 0.1) is 0 Å². The molecule has 0 fully saturated rings. The van der Waals surface area contributed by atoms with Gasteiger partial charge in [-0.1, -0.05) is 18.2 Å². The van der Waals surface area contributed by atoms with Gasteiger partial charge in [-0.15, -0.1) is 0 Å². The van der Waals surface area contributed by atoms with Gasteiger partial charge >= 0.3 is 0 Å². The van der Waals surface area contributed by atoms with Gasteiger partial charge in [-0.2, -0.15) is 0 Å². The number of hydrogen-bond donors (Lipinski definition) is 3. The molecule has 4 N–H and O–H groups in total. The lowest BCUT2D eigenvalue weighted by Crippen LogP contribution is -2.28. The molecule has 5 nitrogen and oxygen atoms in total. The van der Waals surface area contributed by atoms with Crippen LogP contribution in [0.2, 0.25) is 0 Å². The van der Waals surface area contributed by atoms with Crippen molar-refractivity contribution in [1.29, 1.82) is 0 Å². The molecule has 0 aliphatic carbocycles. The Morgan fingerprint density at radius 3 is 2.53 bits per heavy atom. The molecule has 0 aromatic heterocycles. The van der Waals surface area contributed by atoms with Crippen LogP contribution >= 0.6 is 0 Å². The fourth-order valence-electron chi connectivity index (χ4n) is 1.68. The number of nitrogen functional groups attached to an aromatic ring is 1. The highest BCUT2D eigenvalue weighted by Gasteiger charge is 2.03. The molecule has 2 amide bonds. The summed E-state index contributed by atoms with van der Waals surface area (Å²) in [5.74, 6) is -0.0445. The van der Waals surface area contributed by atoms with Gasteiger partial charge in [0.25, 0.3) is 0 Å². The van der Waals surface area contributed by atoms with E-state index in [1.807, 2.05) is 24.3 Å². The fraction of sp³-hybridized carbons (Fsp3) is 0.429. The van der Waals surface area contributed by atoms with Crippen LogP contribution in [0.25, 0.3) is 0 Å². The van der Waals surface area contributed by atoms with E-state index in [-0.39, 0.29) is 11.8 Å². The van der Waals surface area contributed by atoms with Gasteiger partial charge in [0.05, 0.1) is 0 Å². The second-order valence-electron chi connectivity index (χ2n) is 4.39. The molecule has 1 aromatic carbocycles. The van der Waals surface area contributed by atoms with E-state index in [0.29, 0.717) is 25.9 Å². The standard InChI is InChI=1S/C14H21N3O2/c1-11(18)16-9-4-10-17-14(19)8-7-12-5-2-3-6-13(12)15/h2-3,5-6H,4,7-10,15H2,1H3,(H,16,18)(H,17,19). The van der Waals surface area contributed by atoms with Crippen LogP contribution in [0.15, 0.2) is 24.3 Å². The second kappa shape index (κ2) is 8.13. The maximum absolute atomic E-state index is 11.6. The topological polar surface area (TPSA) is 84.2 Å². The van der Waals surface area contributed by atoms with E-state index in [1.54, 1.807) is 0 Å². The molecular formula is C14H21N3O2. The first-order valence-electron chi connectivity index (χ1n) is 6.44. The summed E-state index contributed by atoms with van der Waals surface area (Å²) in [7, 11) is 0. The molecule has 0 spiro atoms. The molecule has 104 valence electrons. The number of nitrogens with two attached hydrogens (primary N) is 1. The number of amides is 2. The summed E-state index contributed by atoms with van der Waals surface area (Å²) >= 11 is 0. The average Bonchev–Trinajstić information content (AvgIpc) is 2.37. The molecule has 5 heteroatoms. The van der Waals surface area contributed by atoms with E-state index in [0.717, 1.165) is 17.7 Å². The summed E-state index contributed by atoms with van der Waals surface area (Å²) in [4.78, 5) is 22.2. The first-order chi connectivity index (χ1) is 9.09. The summed E-state index contributed by atoms with van der Waals surface area (Å²) in [6.45, 7) is 2.63. The smallest absolute Gasteiger partial charge is 0.220 e. The van der Waals surface area contributed by atoms with Gasteiger partial charge in [-0.3, -0.25) is 9.59 Å². The molecule has 0 aliphatic rings. The maximum Gasteiger partial charge on any atom is 0.220 e. The molecule has 0 heterocycles. The number of carbonyl (C=O) groups is 2. The van der Waals surface area contributed by atoms with Crippen molar-refractivity contribution in [2.45, 2.75) is 26.2 Å². The van der Waals surface area contributed by atoms with Gasteiger partial charge in [-0.25, -0.2) is 0 Å². The minimum Gasteiger partial charge on any atom is -0.399 e. The first kappa shape index (κ1) is 15.0. The van der Waals surface area contributed by atoms with Crippen LogP contribution in [-0.2, 0) is 16.0 Å². The van der Waals surface area contributed by atoms with Crippen LogP contribution in [0.1, 0.15) is 25.3 Å². The Labute approximate surface area is 113 Å². The summed E-state index contributed by atoms with van der Waals surface area (Å²) < 4.78 is 0. The molecule has 0 saturated carbocycles. The summed E-state index contributed by atoms with van der Waals surface area (Å²) in [6.07, 6.45) is 1.80. The van der Waals surface area contributed by atoms with Gasteiger partial charge < -0.3 is 16.4 Å². The molecule has 0 atom stereocenters. The van der Waals surface area contributed by atoms with Crippen molar-refractivity contribution in [2.24, 2.45) is 0 Å². The third-order valence-corrected chi connectivity index (χ3v) is 2.73. The highest BCUT2D eigenvalue weighted by atomic mass is 16.2. The molecule has 0 bridgehead atoms. The van der Waals surface area contributed by atoms with Gasteiger partial charge in [0.1, 0.15) is 0 Å². The zero-order valence-electron chi connectivity index (χ0n) is 11.2. The normalized spacial score (nSPS) is 9.95. The molecule has 0 aliphatic heterocycles. The molecule has 1 rings (SSSR count). The van der Waals surface area contributed by atoms with Crippen molar-refractivity contribution in [1.82, 2.24) is 10.6 Å². The van der Waals surface area contributed by atoms with Crippen LogP contribution in [0.4, 0.5) is 5.69 Å². The Bertz CT molecular complexity index is 432. The SMILES string of the molecule is CC(=O)NCCCNC(=O)CCc1ccccc1N. The number of rotatable bonds is 7. The average molecular weight is 263 g/mol. The van der Waals surface area contributed by atoms with Gasteiger partial charge in [0, 0.05) is 32.1 Å². The lowest BCUT2D eigenvalue weighted by Gasteiger charge is -2.07. The number of hydrogen-bond acceptors (Lipinski definition) is 3. The van der Waals surface area contributed by atoms with Crippen molar-refractivity contribution in [3.05, 3.63) is 29.8 Å². The maximum atomic E-state index is 11.6. The van der Waals surface area contributed by atoms with E-state index in [9.17, 15) is 9.59 Å². The third kappa shape index (κ3) is 6.45. The third-order valence-electron chi connectivity index (χ3n) is 2.73. The monoisotopic (exact) mass is 263 g/mol. The Hall–Kier alpha value is -2.04. The lowest BCUT2D eigenvalue weighted by atomic mass is 10.1. The molecule has 0 radical (unpaired) electrons. The first-order valence-corrected chi connectivity index (χ1v) is 6.44. The predicted octanol–water partition coefficient (Wildman–Crippen LogP) is 0.844. The Kier molecular flexibility index (Phi) is 6.43. The molecule has 0 unspecified atom stereocenters. The van der Waals surface area contributed by atoms with E-state index in [1.165, 1.54) is 6.92 Å². The number of para-hydroxylation sites is 1. The summed E-state index contributed by atoms with van der Waals surface area (Å²) in [6, 6.07) is 7.55. The number of carbonyl (C=O) groups excluding carboxylic acids is 2. The number of aryl methyl sites for hydroxylation is 1. The predicted molar refractivity (Wildman–Crippen MR) is 75.5 cm³/mol. The number of benzene rings is 1. The highest BCUT2D eigenvalue weighted by Crippen LogP contribution is 2.12. The number of anilines is 1. The molecule has 19 heavy (non-hydrogen) atoms. The van der Waals surface area contributed by atoms with E-state index in [4.69, 9.17) is 5.73 Å². The minimum atomic E-state index is -0.0501. The van der Waals surface area contributed by atoms with Crippen molar-refractivity contribution in [3.63, 3.8) is 0 Å². The van der Waals surface area contributed by atoms with Gasteiger partial charge in [0.15, 0.2) is 0 Å². The van der Waals surface area contributed by atoms with Crippen LogP contribution in [0.3, 0.4) is 0 Å². The Morgan fingerprint density at radius 1 is 1.16 bits per heavy atom. The van der Waals surface area contributed by atoms with Crippen molar-refractivity contribution < 1.29 is 9.59 Å². The quantitative estimate of drug-likeness (QED) is 0.503. The minimum absolute atomic E-state index is 0.00563. The highest BCUT2D eigenvalue weighted by molar-refractivity contribution is 5.76. The number of nitrogens with one attached hydrogen (secondary N) is 2. The molecule has 1 aromatic rings. The van der Waals surface area contributed by atoms with Gasteiger partial charge in [-0.05, 0) is 24.5 Å². The van der Waals surface area contributed by atoms with Crippen LogP contribution in [-0.4, -0.2) is 24.9 Å². The van der Waals surface area contributed by atoms with Gasteiger partial charge in [0.2, 0.25) is 11.8 Å². The largest absolute Gasteiger partial charge is 0.399 e. The van der Waals surface area contributed by atoms with Crippen molar-refractivity contribution >= 4 is 17.5 Å². The van der Waals surface area contributed by atoms with Crippen LogP contribution < -0.4 is 16.4 Å². The zero-order valence-corrected chi connectivity index (χ0v) is 11.2. The van der Waals surface area contributed by atoms with Crippen molar-refractivity contribution in [3.8, 4) is 0 Å². The second-order valence-corrected chi connectivity index (χ2v) is 4.39. The Morgan fingerprint density at radius 2 is 1.84 bits per heavy atom.